The molecule has 0 aliphatic carbocycles. The summed E-state index contributed by atoms with van der Waals surface area (Å²) in [5.74, 6) is -0.113. The Hall–Kier alpha value is -2.72. The normalized spacial score (nSPS) is 18.2. The van der Waals surface area contributed by atoms with Crippen molar-refractivity contribution in [2.45, 2.75) is 17.8 Å². The first kappa shape index (κ1) is 22.0. The van der Waals surface area contributed by atoms with E-state index in [1.54, 1.807) is 12.1 Å². The van der Waals surface area contributed by atoms with Crippen LogP contribution in [0, 0.1) is 0 Å². The van der Waals surface area contributed by atoms with E-state index >= 15 is 0 Å². The number of amides is 1. The average Bonchev–Trinajstić information content (AvgIpc) is 3.03. The summed E-state index contributed by atoms with van der Waals surface area (Å²) in [5, 5.41) is 19.1. The molecule has 2 N–H and O–H groups in total. The van der Waals surface area contributed by atoms with Crippen LogP contribution in [-0.4, -0.2) is 34.8 Å². The predicted octanol–water partition coefficient (Wildman–Crippen LogP) is 4.24. The monoisotopic (exact) mass is 457 g/mol. The summed E-state index contributed by atoms with van der Waals surface area (Å²) in [4.78, 5) is 12.1. The Morgan fingerprint density at radius 2 is 2.07 bits per heavy atom. The number of aromatic hydroxyl groups is 1. The van der Waals surface area contributed by atoms with Crippen LogP contribution in [0.25, 0.3) is 0 Å². The Morgan fingerprint density at radius 3 is 2.77 bits per heavy atom. The number of hydrogen-bond acceptors (Lipinski definition) is 6. The highest BCUT2D eigenvalue weighted by molar-refractivity contribution is 8.15. The molecule has 1 aliphatic heterocycles. The molecule has 0 saturated carbocycles. The van der Waals surface area contributed by atoms with Gasteiger partial charge < -0.3 is 15.2 Å². The molecule has 2 aromatic carbocycles. The maximum atomic E-state index is 13.0. The lowest BCUT2D eigenvalue weighted by Gasteiger charge is -2.12. The molecule has 30 heavy (non-hydrogen) atoms. The second-order valence-corrected chi connectivity index (χ2v) is 7.79. The number of amidine groups is 1. The van der Waals surface area contributed by atoms with Gasteiger partial charge in [0.05, 0.1) is 29.2 Å². The van der Waals surface area contributed by atoms with Crippen LogP contribution < -0.4 is 10.1 Å². The molecule has 2 aromatic rings. The van der Waals surface area contributed by atoms with Gasteiger partial charge >= 0.3 is 6.18 Å². The lowest BCUT2D eigenvalue weighted by Crippen LogP contribution is -2.26. The Bertz CT molecular complexity index is 1030. The van der Waals surface area contributed by atoms with Crippen LogP contribution in [0.4, 0.5) is 13.2 Å². The second-order valence-electron chi connectivity index (χ2n) is 6.19. The quantitative estimate of drug-likeness (QED) is 0.519. The fourth-order valence-electron chi connectivity index (χ4n) is 2.64. The maximum Gasteiger partial charge on any atom is 0.417 e. The van der Waals surface area contributed by atoms with Gasteiger partial charge in [-0.15, -0.1) is 5.10 Å². The van der Waals surface area contributed by atoms with Crippen LogP contribution in [0.2, 0.25) is 5.02 Å². The number of nitrogens with one attached hydrogen (secondary N) is 1. The Labute approximate surface area is 178 Å². The van der Waals surface area contributed by atoms with Gasteiger partial charge in [-0.2, -0.15) is 18.3 Å². The minimum atomic E-state index is -4.57. The highest BCUT2D eigenvalue weighted by Crippen LogP contribution is 2.36. The van der Waals surface area contributed by atoms with E-state index in [9.17, 15) is 23.1 Å². The van der Waals surface area contributed by atoms with Crippen LogP contribution in [0.15, 0.2) is 46.6 Å². The molecule has 158 valence electrons. The molecule has 3 rings (SSSR count). The van der Waals surface area contributed by atoms with E-state index in [-0.39, 0.29) is 29.0 Å². The molecule has 0 spiro atoms. The maximum absolute atomic E-state index is 13.0. The van der Waals surface area contributed by atoms with E-state index in [0.29, 0.717) is 11.1 Å². The molecule has 1 atom stereocenters. The molecule has 1 aliphatic rings. The summed E-state index contributed by atoms with van der Waals surface area (Å²) in [6.45, 7) is 0. The molecule has 0 bridgehead atoms. The number of nitrogens with zero attached hydrogens (tertiary/aromatic N) is 2. The average molecular weight is 458 g/mol. The highest BCUT2D eigenvalue weighted by Gasteiger charge is 2.35. The van der Waals surface area contributed by atoms with E-state index in [0.717, 1.165) is 17.8 Å². The third kappa shape index (κ3) is 5.25. The molecular weight excluding hydrogens is 443 g/mol. The van der Waals surface area contributed by atoms with Crippen molar-refractivity contribution in [3.8, 4) is 11.5 Å². The van der Waals surface area contributed by atoms with Crippen molar-refractivity contribution in [3.05, 3.63) is 58.1 Å². The van der Waals surface area contributed by atoms with E-state index in [1.165, 1.54) is 31.5 Å². The highest BCUT2D eigenvalue weighted by atomic mass is 35.5. The molecule has 0 aromatic heterocycles. The first-order chi connectivity index (χ1) is 14.2. The van der Waals surface area contributed by atoms with Crippen molar-refractivity contribution in [3.63, 3.8) is 0 Å². The number of rotatable bonds is 5. The molecule has 1 unspecified atom stereocenters. The second kappa shape index (κ2) is 8.97. The number of alkyl halides is 3. The van der Waals surface area contributed by atoms with E-state index in [2.05, 4.69) is 15.5 Å². The summed E-state index contributed by atoms with van der Waals surface area (Å²) in [6.07, 6.45) is -3.09. The first-order valence-corrected chi connectivity index (χ1v) is 9.74. The third-order valence-electron chi connectivity index (χ3n) is 4.09. The lowest BCUT2D eigenvalue weighted by molar-refractivity contribution is -0.137. The van der Waals surface area contributed by atoms with Crippen LogP contribution in [-0.2, 0) is 17.4 Å². The van der Waals surface area contributed by atoms with Crippen molar-refractivity contribution in [2.75, 3.05) is 7.11 Å². The van der Waals surface area contributed by atoms with Crippen LogP contribution in [0.1, 0.15) is 16.7 Å². The van der Waals surface area contributed by atoms with Gasteiger partial charge in [0.1, 0.15) is 0 Å². The number of halogens is 4. The number of hydrogen-bond donors (Lipinski definition) is 2. The zero-order chi connectivity index (χ0) is 21.9. The minimum absolute atomic E-state index is 0.0155. The van der Waals surface area contributed by atoms with Crippen molar-refractivity contribution in [1.29, 1.82) is 0 Å². The largest absolute Gasteiger partial charge is 0.504 e. The number of phenols is 1. The molecule has 6 nitrogen and oxygen atoms in total. The zero-order valence-electron chi connectivity index (χ0n) is 15.4. The standard InChI is InChI=1S/C19H15ClF3N3O3S/c1-29-15-7-11(3-5-14(15)27)9-24-26-18-25-17(28)16(30-18)8-10-2-4-13(20)12(6-10)19(21,22)23/h2-7,9,16,27H,8H2,1H3,(H,25,26,28)/b24-9+. The summed E-state index contributed by atoms with van der Waals surface area (Å²) in [7, 11) is 1.42. The summed E-state index contributed by atoms with van der Waals surface area (Å²) in [5.41, 5.74) is 0.00826. The molecule has 1 heterocycles. The molecular formula is C19H15ClF3N3O3S. The summed E-state index contributed by atoms with van der Waals surface area (Å²) >= 11 is 6.70. The van der Waals surface area contributed by atoms with Gasteiger partial charge in [0.2, 0.25) is 5.91 Å². The zero-order valence-corrected chi connectivity index (χ0v) is 17.0. The number of benzene rings is 2. The fourth-order valence-corrected chi connectivity index (χ4v) is 3.83. The topological polar surface area (TPSA) is 83.3 Å². The van der Waals surface area contributed by atoms with E-state index in [4.69, 9.17) is 16.3 Å². The van der Waals surface area contributed by atoms with Crippen molar-refractivity contribution in [1.82, 2.24) is 5.32 Å². The van der Waals surface area contributed by atoms with E-state index in [1.807, 2.05) is 0 Å². The minimum Gasteiger partial charge on any atom is -0.504 e. The van der Waals surface area contributed by atoms with Gasteiger partial charge in [0.25, 0.3) is 0 Å². The van der Waals surface area contributed by atoms with Crippen molar-refractivity contribution >= 4 is 40.7 Å². The van der Waals surface area contributed by atoms with Gasteiger partial charge in [-0.05, 0) is 47.9 Å². The summed E-state index contributed by atoms with van der Waals surface area (Å²) < 4.78 is 44.0. The van der Waals surface area contributed by atoms with Crippen LogP contribution in [0.3, 0.4) is 0 Å². The van der Waals surface area contributed by atoms with Crippen molar-refractivity contribution < 1.29 is 27.8 Å². The van der Waals surface area contributed by atoms with Crippen LogP contribution >= 0.6 is 23.4 Å². The molecule has 1 amide bonds. The van der Waals surface area contributed by atoms with Gasteiger partial charge in [0, 0.05) is 0 Å². The SMILES string of the molecule is COc1cc(/C=N/N=C2\NC(=O)C(Cc3ccc(Cl)c(C(F)(F)F)c3)S2)ccc1O. The van der Waals surface area contributed by atoms with Gasteiger partial charge in [-0.1, -0.05) is 29.4 Å². The number of ether oxygens (including phenoxy) is 1. The number of thioether (sulfide) groups is 1. The number of carbonyl (C=O) groups excluding carboxylic acids is 1. The van der Waals surface area contributed by atoms with Gasteiger partial charge in [0.15, 0.2) is 16.7 Å². The lowest BCUT2D eigenvalue weighted by atomic mass is 10.1. The fraction of sp³-hybridized carbons (Fsp3) is 0.211. The number of methoxy groups -OCH3 is 1. The van der Waals surface area contributed by atoms with Crippen molar-refractivity contribution in [2.24, 2.45) is 10.2 Å². The molecule has 11 heteroatoms. The number of phenolic OH excluding ortho intramolecular Hbond substituents is 1. The smallest absolute Gasteiger partial charge is 0.417 e. The predicted molar refractivity (Wildman–Crippen MR) is 109 cm³/mol. The Balaban J connectivity index is 1.68. The van der Waals surface area contributed by atoms with E-state index < -0.39 is 22.0 Å². The van der Waals surface area contributed by atoms with Gasteiger partial charge in [-0.25, -0.2) is 0 Å². The first-order valence-electron chi connectivity index (χ1n) is 8.48. The third-order valence-corrected chi connectivity index (χ3v) is 5.49. The van der Waals surface area contributed by atoms with Crippen LogP contribution in [0.5, 0.6) is 11.5 Å². The molecule has 1 fully saturated rings. The van der Waals surface area contributed by atoms with Gasteiger partial charge in [-0.3, -0.25) is 4.79 Å². The molecule has 1 saturated heterocycles. The Kier molecular flexibility index (Phi) is 6.57. The molecule has 0 radical (unpaired) electrons. The summed E-state index contributed by atoms with van der Waals surface area (Å²) in [6, 6.07) is 8.17. The number of carbonyl (C=O) groups is 1. The Morgan fingerprint density at radius 1 is 1.30 bits per heavy atom.